The molecule has 0 aromatic rings. The summed E-state index contributed by atoms with van der Waals surface area (Å²) in [4.78, 5) is 26.6. The fourth-order valence-corrected chi connectivity index (χ4v) is 16.0. The van der Waals surface area contributed by atoms with Crippen molar-refractivity contribution in [3.63, 3.8) is 0 Å². The van der Waals surface area contributed by atoms with Gasteiger partial charge in [0.15, 0.2) is 31.5 Å². The molecule has 5 N–H and O–H groups in total. The number of aliphatic hydroxyl groups excluding tert-OH is 4. The number of hydrogen-bond donors (Lipinski definition) is 5. The van der Waals surface area contributed by atoms with E-state index in [9.17, 15) is 35.1 Å². The molecular formula is C60H96O22. The number of rotatable bonds is 18. The van der Waals surface area contributed by atoms with E-state index in [0.29, 0.717) is 56.9 Å². The Morgan fingerprint density at radius 2 is 1.11 bits per heavy atom. The number of esters is 1. The van der Waals surface area contributed by atoms with Crippen LogP contribution in [0.1, 0.15) is 133 Å². The summed E-state index contributed by atoms with van der Waals surface area (Å²) in [7, 11) is 6.43. The van der Waals surface area contributed by atoms with Gasteiger partial charge in [0.2, 0.25) is 0 Å². The van der Waals surface area contributed by atoms with Gasteiger partial charge >= 0.3 is 5.97 Å². The van der Waals surface area contributed by atoms with Crippen molar-refractivity contribution in [1.29, 1.82) is 0 Å². The molecule has 22 heteroatoms. The molecule has 29 atom stereocenters. The lowest BCUT2D eigenvalue weighted by molar-refractivity contribution is -0.358. The summed E-state index contributed by atoms with van der Waals surface area (Å²) in [6.45, 7) is 16.4. The van der Waals surface area contributed by atoms with Crippen LogP contribution in [0, 0.1) is 28.6 Å². The molecule has 0 aromatic heterocycles. The Labute approximate surface area is 483 Å². The summed E-state index contributed by atoms with van der Waals surface area (Å²) in [6.07, 6.45) is -6.79. The van der Waals surface area contributed by atoms with Gasteiger partial charge in [0.25, 0.3) is 0 Å². The van der Waals surface area contributed by atoms with Crippen LogP contribution >= 0.6 is 0 Å². The van der Waals surface area contributed by atoms with Crippen LogP contribution in [0.3, 0.4) is 0 Å². The van der Waals surface area contributed by atoms with Crippen molar-refractivity contribution in [2.24, 2.45) is 28.6 Å². The minimum absolute atomic E-state index is 0.0308. The molecule has 5 aliphatic heterocycles. The van der Waals surface area contributed by atoms with E-state index in [0.717, 1.165) is 12.8 Å². The van der Waals surface area contributed by atoms with Crippen molar-refractivity contribution in [2.75, 3.05) is 35.0 Å². The first-order chi connectivity index (χ1) is 39.0. The number of ether oxygens (including phenoxy) is 15. The van der Waals surface area contributed by atoms with Crippen LogP contribution in [0.5, 0.6) is 0 Å². The maximum Gasteiger partial charge on any atom is 0.333 e. The van der Waals surface area contributed by atoms with E-state index in [1.807, 2.05) is 34.6 Å². The predicted molar refractivity (Wildman–Crippen MR) is 289 cm³/mol. The molecule has 9 rings (SSSR count). The summed E-state index contributed by atoms with van der Waals surface area (Å²) in [5, 5.41) is 53.8. The SMILES string of the molecule is CC=C(C)C(=O)O[C@@H]1CC2[C@@H](CC=C3C[C@@H](O[C@H]4C[C@H](OC)[C@H](O[C@H]5C[C@H](OC)[C@H](O[C@H]6C[C@H](OC)[C@H](O[C@H]7C[C@@H](OC)[C@H](O[C@@H]8O[C@H](CO)[C@@H](O)[C@H](O)[C@H]8O)[C@@H](C)O7)[C@@H](C)O6)[C@@H](C)O5)[C@@H](C)O4)CC[C@@]32C)[C@@]2(O)CC[C@H](C(C)=O)[C@@]12C. The third-order valence-electron chi connectivity index (χ3n) is 20.9. The summed E-state index contributed by atoms with van der Waals surface area (Å²) < 4.78 is 94.6. The first-order valence-corrected chi connectivity index (χ1v) is 30.0. The molecule has 0 amide bonds. The van der Waals surface area contributed by atoms with Crippen molar-refractivity contribution in [3.8, 4) is 0 Å². The molecule has 3 saturated carbocycles. The lowest BCUT2D eigenvalue weighted by Crippen LogP contribution is -2.66. The molecule has 468 valence electrons. The lowest BCUT2D eigenvalue weighted by Gasteiger charge is -2.63. The van der Waals surface area contributed by atoms with Crippen molar-refractivity contribution in [2.45, 2.75) is 280 Å². The van der Waals surface area contributed by atoms with Crippen LogP contribution in [-0.2, 0) is 80.6 Å². The second-order valence-corrected chi connectivity index (χ2v) is 25.3. The number of carbonyl (C=O) groups excluding carboxylic acids is 2. The van der Waals surface area contributed by atoms with Crippen LogP contribution in [-0.4, -0.2) is 219 Å². The zero-order chi connectivity index (χ0) is 59.3. The molecule has 22 nitrogen and oxygen atoms in total. The number of aliphatic hydroxyl groups is 5. The Bertz CT molecular complexity index is 2230. The minimum atomic E-state index is -1.60. The van der Waals surface area contributed by atoms with Crippen molar-refractivity contribution < 1.29 is 106 Å². The predicted octanol–water partition coefficient (Wildman–Crippen LogP) is 4.08. The number of carbonyl (C=O) groups is 2. The van der Waals surface area contributed by atoms with Crippen molar-refractivity contribution in [1.82, 2.24) is 0 Å². The van der Waals surface area contributed by atoms with Gasteiger partial charge < -0.3 is 96.6 Å². The van der Waals surface area contributed by atoms with E-state index in [4.69, 9.17) is 71.1 Å². The Morgan fingerprint density at radius 3 is 1.56 bits per heavy atom. The standard InChI is InChI=1S/C60H96O22/c1-14-28(2)56(66)78-44-22-38-37(60(67)20-18-36(29(3)62)59(44,60)9)16-15-34-21-35(17-19-58(34,38)8)76-45-23-39(68-10)52(30(4)72-45)79-46-24-40(69-11)53(31(5)73-46)80-47-25-41(70-12)54(32(6)74-47)81-48-26-42(71-13)55(33(7)75-48)82-57-51(65)50(64)49(63)43(27-61)77-57/h14-15,30-33,35-55,57,61,63-65,67H,16-27H2,1-13H3/t30-,31-,32-,33-,35+,36-,37-,38?,39+,40+,41+,42-,43-,44-,45+,46+,47+,48+,49-,50+,51-,52-,53-,54-,55-,57+,58+,59+,60+/m1/s1. The fourth-order valence-electron chi connectivity index (χ4n) is 16.0. The van der Waals surface area contributed by atoms with Gasteiger partial charge in [0, 0.05) is 71.0 Å². The van der Waals surface area contributed by atoms with Gasteiger partial charge in [-0.2, -0.15) is 0 Å². The molecular weight excluding hydrogens is 1070 g/mol. The smallest absolute Gasteiger partial charge is 0.333 e. The van der Waals surface area contributed by atoms with Crippen LogP contribution in [0.15, 0.2) is 23.3 Å². The quantitative estimate of drug-likeness (QED) is 0.0735. The molecule has 4 aliphatic carbocycles. The van der Waals surface area contributed by atoms with Crippen molar-refractivity contribution >= 4 is 11.8 Å². The topological polar surface area (TPSA) is 274 Å². The Hall–Kier alpha value is -2.14. The molecule has 0 radical (unpaired) electrons. The number of methoxy groups -OCH3 is 4. The lowest BCUT2D eigenvalue weighted by atomic mass is 9.45. The van der Waals surface area contributed by atoms with E-state index in [1.165, 1.54) is 12.7 Å². The average molecular weight is 1170 g/mol. The zero-order valence-corrected chi connectivity index (χ0v) is 50.3. The van der Waals surface area contributed by atoms with E-state index < -0.39 is 159 Å². The van der Waals surface area contributed by atoms with Crippen LogP contribution in [0.2, 0.25) is 0 Å². The van der Waals surface area contributed by atoms with Gasteiger partial charge in [-0.1, -0.05) is 31.6 Å². The van der Waals surface area contributed by atoms with E-state index in [-0.39, 0.29) is 41.7 Å². The van der Waals surface area contributed by atoms with E-state index in [2.05, 4.69) is 13.0 Å². The molecule has 8 fully saturated rings. The Balaban J connectivity index is 0.764. The minimum Gasteiger partial charge on any atom is -0.458 e. The average Bonchev–Trinajstić information content (AvgIpc) is 1.46. The summed E-state index contributed by atoms with van der Waals surface area (Å²) >= 11 is 0. The highest BCUT2D eigenvalue weighted by Crippen LogP contribution is 2.69. The van der Waals surface area contributed by atoms with Gasteiger partial charge in [0.05, 0.1) is 67.1 Å². The molecule has 0 bridgehead atoms. The van der Waals surface area contributed by atoms with E-state index in [1.54, 1.807) is 48.2 Å². The molecule has 1 unspecified atom stereocenters. The van der Waals surface area contributed by atoms with Gasteiger partial charge in [0.1, 0.15) is 60.7 Å². The normalized spacial score (nSPS) is 49.9. The molecule has 9 aliphatic rings. The Morgan fingerprint density at radius 1 is 0.634 bits per heavy atom. The number of Topliss-reactive ketones (excluding diaryl/α,β-unsaturated/α-hetero) is 1. The highest BCUT2D eigenvalue weighted by molar-refractivity contribution is 5.88. The molecule has 0 aromatic carbocycles. The summed E-state index contributed by atoms with van der Waals surface area (Å²) in [5.41, 5.74) is -0.516. The van der Waals surface area contributed by atoms with Gasteiger partial charge in [-0.15, -0.1) is 0 Å². The number of fused-ring (bicyclic) bond motifs is 5. The molecule has 5 heterocycles. The number of hydrogen-bond acceptors (Lipinski definition) is 22. The van der Waals surface area contributed by atoms with Gasteiger partial charge in [-0.3, -0.25) is 4.79 Å². The molecule has 82 heavy (non-hydrogen) atoms. The van der Waals surface area contributed by atoms with Crippen LogP contribution in [0.4, 0.5) is 0 Å². The van der Waals surface area contributed by atoms with Gasteiger partial charge in [-0.05, 0) is 111 Å². The third kappa shape index (κ3) is 12.2. The van der Waals surface area contributed by atoms with Crippen LogP contribution < -0.4 is 0 Å². The highest BCUT2D eigenvalue weighted by Gasteiger charge is 2.71. The Kier molecular flexibility index (Phi) is 20.6. The largest absolute Gasteiger partial charge is 0.458 e. The maximum absolute atomic E-state index is 13.4. The van der Waals surface area contributed by atoms with Gasteiger partial charge in [-0.25, -0.2) is 4.79 Å². The first kappa shape index (κ1) is 64.3. The molecule has 0 spiro atoms. The highest BCUT2D eigenvalue weighted by atomic mass is 16.8. The second kappa shape index (κ2) is 26.3. The van der Waals surface area contributed by atoms with Crippen LogP contribution in [0.25, 0.3) is 0 Å². The zero-order valence-electron chi connectivity index (χ0n) is 50.3. The second-order valence-electron chi connectivity index (χ2n) is 25.3. The summed E-state index contributed by atoms with van der Waals surface area (Å²) in [6, 6.07) is 0. The van der Waals surface area contributed by atoms with Crippen molar-refractivity contribution in [3.05, 3.63) is 23.3 Å². The summed E-state index contributed by atoms with van der Waals surface area (Å²) in [5.74, 6) is -0.795. The number of allylic oxidation sites excluding steroid dienone is 2. The molecule has 5 saturated heterocycles. The third-order valence-corrected chi connectivity index (χ3v) is 20.9. The monoisotopic (exact) mass is 1170 g/mol. The maximum atomic E-state index is 13.4. The number of ketones is 1. The first-order valence-electron chi connectivity index (χ1n) is 30.0. The van der Waals surface area contributed by atoms with E-state index >= 15 is 0 Å². The fraction of sp³-hybridized carbons (Fsp3) is 0.900.